The quantitative estimate of drug-likeness (QED) is 0.782. The van der Waals surface area contributed by atoms with Gasteiger partial charge in [-0.2, -0.15) is 5.10 Å². The van der Waals surface area contributed by atoms with Gasteiger partial charge in [-0.1, -0.05) is 0 Å². The number of aryl methyl sites for hydroxylation is 1. The van der Waals surface area contributed by atoms with Gasteiger partial charge in [-0.25, -0.2) is 4.98 Å². The van der Waals surface area contributed by atoms with Crippen molar-refractivity contribution >= 4 is 0 Å². The second-order valence-corrected chi connectivity index (χ2v) is 6.06. The Labute approximate surface area is 139 Å². The maximum atomic E-state index is 12.5. The lowest BCUT2D eigenvalue weighted by Crippen LogP contribution is -2.35. The van der Waals surface area contributed by atoms with Gasteiger partial charge in [-0.05, 0) is 12.1 Å². The molecular weight excluding hydrogens is 304 g/mol. The van der Waals surface area contributed by atoms with E-state index in [0.717, 1.165) is 41.9 Å². The first-order valence-corrected chi connectivity index (χ1v) is 7.91. The molecule has 7 heteroatoms. The highest BCUT2D eigenvalue weighted by Crippen LogP contribution is 2.19. The lowest BCUT2D eigenvalue weighted by atomic mass is 10.1. The molecule has 0 saturated heterocycles. The third-order valence-electron chi connectivity index (χ3n) is 4.27. The number of H-pyrrole nitrogens is 1. The highest BCUT2D eigenvalue weighted by atomic mass is 16.1. The molecule has 1 N–H and O–H groups in total. The van der Waals surface area contributed by atoms with E-state index in [1.54, 1.807) is 17.1 Å². The Hall–Kier alpha value is -2.80. The highest BCUT2D eigenvalue weighted by molar-refractivity contribution is 5.54. The van der Waals surface area contributed by atoms with Gasteiger partial charge in [0.2, 0.25) is 0 Å². The molecule has 0 saturated carbocycles. The molecule has 0 aliphatic carbocycles. The highest BCUT2D eigenvalue weighted by Gasteiger charge is 2.21. The van der Waals surface area contributed by atoms with Crippen LogP contribution in [-0.4, -0.2) is 36.2 Å². The second kappa shape index (κ2) is 6.01. The minimum Gasteiger partial charge on any atom is -0.306 e. The van der Waals surface area contributed by atoms with Gasteiger partial charge >= 0.3 is 0 Å². The Kier molecular flexibility index (Phi) is 3.70. The summed E-state index contributed by atoms with van der Waals surface area (Å²) in [5.74, 6) is 0.613. The molecule has 0 atom stereocenters. The average molecular weight is 322 g/mol. The lowest BCUT2D eigenvalue weighted by molar-refractivity contribution is 0.242. The number of rotatable bonds is 3. The SMILES string of the molecule is Cn1cc(CN2CCc3nc(-c4ccncc4)[nH]c(=O)c3C2)cn1. The molecule has 1 aliphatic rings. The van der Waals surface area contributed by atoms with Crippen molar-refractivity contribution in [3.63, 3.8) is 0 Å². The first-order valence-electron chi connectivity index (χ1n) is 7.91. The maximum absolute atomic E-state index is 12.5. The Morgan fingerprint density at radius 3 is 2.88 bits per heavy atom. The minimum atomic E-state index is -0.0531. The van der Waals surface area contributed by atoms with E-state index >= 15 is 0 Å². The Morgan fingerprint density at radius 2 is 2.12 bits per heavy atom. The Bertz CT molecular complexity index is 914. The number of fused-ring (bicyclic) bond motifs is 1. The summed E-state index contributed by atoms with van der Waals surface area (Å²) in [6.45, 7) is 2.29. The summed E-state index contributed by atoms with van der Waals surface area (Å²) in [5.41, 5.74) is 3.64. The van der Waals surface area contributed by atoms with Gasteiger partial charge in [-0.3, -0.25) is 19.4 Å². The van der Waals surface area contributed by atoms with Gasteiger partial charge in [0.15, 0.2) is 0 Å². The van der Waals surface area contributed by atoms with Crippen LogP contribution >= 0.6 is 0 Å². The van der Waals surface area contributed by atoms with Gasteiger partial charge in [0.1, 0.15) is 5.82 Å². The molecule has 3 aromatic heterocycles. The van der Waals surface area contributed by atoms with E-state index in [1.807, 2.05) is 31.6 Å². The van der Waals surface area contributed by atoms with E-state index in [-0.39, 0.29) is 5.56 Å². The van der Waals surface area contributed by atoms with Crippen LogP contribution in [-0.2, 0) is 26.6 Å². The third kappa shape index (κ3) is 2.85. The number of aromatic nitrogens is 5. The number of aromatic amines is 1. The Morgan fingerprint density at radius 1 is 1.29 bits per heavy atom. The number of hydrogen-bond donors (Lipinski definition) is 1. The van der Waals surface area contributed by atoms with Gasteiger partial charge < -0.3 is 4.98 Å². The summed E-state index contributed by atoms with van der Waals surface area (Å²) >= 11 is 0. The fourth-order valence-corrected chi connectivity index (χ4v) is 3.07. The zero-order valence-corrected chi connectivity index (χ0v) is 13.4. The molecule has 0 aromatic carbocycles. The molecule has 4 heterocycles. The fraction of sp³-hybridized carbons (Fsp3) is 0.294. The molecule has 7 nitrogen and oxygen atoms in total. The first kappa shape index (κ1) is 14.8. The molecule has 0 spiro atoms. The summed E-state index contributed by atoms with van der Waals surface area (Å²) < 4.78 is 1.79. The summed E-state index contributed by atoms with van der Waals surface area (Å²) in [6, 6.07) is 3.70. The predicted molar refractivity (Wildman–Crippen MR) is 89.1 cm³/mol. The van der Waals surface area contributed by atoms with Crippen LogP contribution < -0.4 is 5.56 Å². The van der Waals surface area contributed by atoms with Crippen molar-refractivity contribution in [3.05, 3.63) is 64.1 Å². The topological polar surface area (TPSA) is 79.7 Å². The van der Waals surface area contributed by atoms with E-state index in [0.29, 0.717) is 12.4 Å². The molecular formula is C17H18N6O. The van der Waals surface area contributed by atoms with E-state index in [4.69, 9.17) is 0 Å². The van der Waals surface area contributed by atoms with Crippen LogP contribution in [0.5, 0.6) is 0 Å². The molecule has 0 amide bonds. The zero-order valence-electron chi connectivity index (χ0n) is 13.4. The van der Waals surface area contributed by atoms with E-state index in [1.165, 1.54) is 0 Å². The smallest absolute Gasteiger partial charge is 0.255 e. The van der Waals surface area contributed by atoms with Gasteiger partial charge in [0.25, 0.3) is 5.56 Å². The standard InChI is InChI=1S/C17H18N6O/c1-22-9-12(8-19-22)10-23-7-4-15-14(11-23)17(24)21-16(20-15)13-2-5-18-6-3-13/h2-3,5-6,8-9H,4,7,10-11H2,1H3,(H,20,21,24). The molecule has 0 unspecified atom stereocenters. The van der Waals surface area contributed by atoms with Crippen molar-refractivity contribution in [2.45, 2.75) is 19.5 Å². The van der Waals surface area contributed by atoms with Crippen molar-refractivity contribution in [1.29, 1.82) is 0 Å². The average Bonchev–Trinajstić information content (AvgIpc) is 3.01. The second-order valence-electron chi connectivity index (χ2n) is 6.06. The molecule has 122 valence electrons. The number of nitrogens with zero attached hydrogens (tertiary/aromatic N) is 5. The Balaban J connectivity index is 1.59. The van der Waals surface area contributed by atoms with E-state index in [2.05, 4.69) is 25.0 Å². The number of pyridine rings is 1. The van der Waals surface area contributed by atoms with Crippen LogP contribution in [0.15, 0.2) is 41.7 Å². The first-order chi connectivity index (χ1) is 11.7. The van der Waals surface area contributed by atoms with Gasteiger partial charge in [-0.15, -0.1) is 0 Å². The van der Waals surface area contributed by atoms with Crippen LogP contribution in [0.25, 0.3) is 11.4 Å². The van der Waals surface area contributed by atoms with E-state index in [9.17, 15) is 4.79 Å². The van der Waals surface area contributed by atoms with Crippen LogP contribution in [0.4, 0.5) is 0 Å². The summed E-state index contributed by atoms with van der Waals surface area (Å²) in [5, 5.41) is 4.19. The van der Waals surface area contributed by atoms with Crippen LogP contribution in [0.1, 0.15) is 16.8 Å². The van der Waals surface area contributed by atoms with Crippen LogP contribution in [0.2, 0.25) is 0 Å². The van der Waals surface area contributed by atoms with Crippen molar-refractivity contribution in [2.75, 3.05) is 6.54 Å². The summed E-state index contributed by atoms with van der Waals surface area (Å²) in [7, 11) is 1.91. The largest absolute Gasteiger partial charge is 0.306 e. The molecule has 0 fully saturated rings. The monoisotopic (exact) mass is 322 g/mol. The van der Waals surface area contributed by atoms with Crippen LogP contribution in [0, 0.1) is 0 Å². The van der Waals surface area contributed by atoms with Crippen molar-refractivity contribution in [1.82, 2.24) is 29.6 Å². The fourth-order valence-electron chi connectivity index (χ4n) is 3.07. The van der Waals surface area contributed by atoms with Crippen molar-refractivity contribution in [2.24, 2.45) is 7.05 Å². The molecule has 24 heavy (non-hydrogen) atoms. The lowest BCUT2D eigenvalue weighted by Gasteiger charge is -2.27. The maximum Gasteiger partial charge on any atom is 0.255 e. The molecule has 1 aliphatic heterocycles. The van der Waals surface area contributed by atoms with Gasteiger partial charge in [0.05, 0.1) is 17.5 Å². The molecule has 0 radical (unpaired) electrons. The van der Waals surface area contributed by atoms with Crippen molar-refractivity contribution < 1.29 is 0 Å². The number of nitrogens with one attached hydrogen (secondary N) is 1. The summed E-state index contributed by atoms with van der Waals surface area (Å²) in [4.78, 5) is 26.3. The normalized spacial score (nSPS) is 14.5. The zero-order chi connectivity index (χ0) is 16.5. The summed E-state index contributed by atoms with van der Waals surface area (Å²) in [6.07, 6.45) is 8.04. The molecule has 0 bridgehead atoms. The predicted octanol–water partition coefficient (Wildman–Crippen LogP) is 1.12. The number of hydrogen-bond acceptors (Lipinski definition) is 5. The molecule has 3 aromatic rings. The van der Waals surface area contributed by atoms with Crippen LogP contribution in [0.3, 0.4) is 0 Å². The molecule has 4 rings (SSSR count). The van der Waals surface area contributed by atoms with Crippen molar-refractivity contribution in [3.8, 4) is 11.4 Å². The third-order valence-corrected chi connectivity index (χ3v) is 4.27. The minimum absolute atomic E-state index is 0.0531. The van der Waals surface area contributed by atoms with E-state index < -0.39 is 0 Å². The van der Waals surface area contributed by atoms with Gasteiger partial charge in [0, 0.05) is 62.8 Å².